The molecule has 0 aromatic rings. The second-order valence-electron chi connectivity index (χ2n) is 3.66. The fourth-order valence-electron chi connectivity index (χ4n) is 1.06. The maximum Gasteiger partial charge on any atom is 0.220 e. The fourth-order valence-corrected chi connectivity index (χ4v) is 1.73. The number of Topliss-reactive ketones (excluding diaryl/α,β-unsaturated/α-hetero) is 1. The molecule has 15 heavy (non-hydrogen) atoms. The Labute approximate surface area is 95.8 Å². The van der Waals surface area contributed by atoms with Crippen molar-refractivity contribution in [1.82, 2.24) is 10.2 Å². The third-order valence-corrected chi connectivity index (χ3v) is 3.16. The fraction of sp³-hybridized carbons (Fsp3) is 0.800. The standard InChI is InChI=1S/C10H20N2O2S/c1-8(13)5-6-9(14)11-7-10(15-4)12(2)3/h10H,5-7H2,1-4H3,(H,11,14). The van der Waals surface area contributed by atoms with E-state index in [-0.39, 0.29) is 17.1 Å². The van der Waals surface area contributed by atoms with Gasteiger partial charge in [0, 0.05) is 19.4 Å². The molecule has 0 aromatic carbocycles. The molecule has 0 radical (unpaired) electrons. The van der Waals surface area contributed by atoms with E-state index in [0.29, 0.717) is 19.4 Å². The topological polar surface area (TPSA) is 49.4 Å². The average molecular weight is 232 g/mol. The normalized spacial score (nSPS) is 12.6. The Hall–Kier alpha value is -0.550. The predicted molar refractivity (Wildman–Crippen MR) is 63.9 cm³/mol. The molecular formula is C10H20N2O2S. The Morgan fingerprint density at radius 3 is 2.33 bits per heavy atom. The molecule has 0 fully saturated rings. The van der Waals surface area contributed by atoms with Crippen molar-refractivity contribution < 1.29 is 9.59 Å². The zero-order valence-corrected chi connectivity index (χ0v) is 10.7. The molecule has 1 amide bonds. The average Bonchev–Trinajstić information content (AvgIpc) is 2.15. The second kappa shape index (κ2) is 7.70. The number of thioether (sulfide) groups is 1. The molecule has 0 spiro atoms. The van der Waals surface area contributed by atoms with Crippen LogP contribution < -0.4 is 5.32 Å². The number of likely N-dealkylation sites (N-methyl/N-ethyl adjacent to an activating group) is 1. The SMILES string of the molecule is CSC(CNC(=O)CCC(C)=O)N(C)C. The van der Waals surface area contributed by atoms with Crippen LogP contribution in [-0.4, -0.2) is 48.9 Å². The van der Waals surface area contributed by atoms with Crippen LogP contribution in [0, 0.1) is 0 Å². The van der Waals surface area contributed by atoms with Gasteiger partial charge in [0.05, 0.1) is 5.37 Å². The van der Waals surface area contributed by atoms with E-state index in [9.17, 15) is 9.59 Å². The predicted octanol–water partition coefficient (Wildman–Crippen LogP) is 0.722. The first-order chi connectivity index (χ1) is 6.97. The highest BCUT2D eigenvalue weighted by atomic mass is 32.2. The van der Waals surface area contributed by atoms with Gasteiger partial charge in [0.25, 0.3) is 0 Å². The van der Waals surface area contributed by atoms with E-state index in [0.717, 1.165) is 0 Å². The molecule has 4 nitrogen and oxygen atoms in total. The molecule has 1 unspecified atom stereocenters. The minimum Gasteiger partial charge on any atom is -0.354 e. The lowest BCUT2D eigenvalue weighted by atomic mass is 10.2. The van der Waals surface area contributed by atoms with E-state index < -0.39 is 0 Å². The summed E-state index contributed by atoms with van der Waals surface area (Å²) in [5.74, 6) is 0.00489. The van der Waals surface area contributed by atoms with Crippen molar-refractivity contribution in [3.05, 3.63) is 0 Å². The quantitative estimate of drug-likeness (QED) is 0.657. The molecule has 88 valence electrons. The van der Waals surface area contributed by atoms with Gasteiger partial charge in [0.2, 0.25) is 5.91 Å². The number of carbonyl (C=O) groups is 2. The second-order valence-corrected chi connectivity index (χ2v) is 4.68. The van der Waals surface area contributed by atoms with Gasteiger partial charge < -0.3 is 10.1 Å². The Morgan fingerprint density at radius 1 is 1.33 bits per heavy atom. The zero-order chi connectivity index (χ0) is 11.8. The van der Waals surface area contributed by atoms with Crippen LogP contribution in [0.2, 0.25) is 0 Å². The Morgan fingerprint density at radius 2 is 1.93 bits per heavy atom. The smallest absolute Gasteiger partial charge is 0.220 e. The summed E-state index contributed by atoms with van der Waals surface area (Å²) in [4.78, 5) is 24.0. The lowest BCUT2D eigenvalue weighted by molar-refractivity contribution is -0.124. The molecule has 0 heterocycles. The van der Waals surface area contributed by atoms with Crippen molar-refractivity contribution >= 4 is 23.5 Å². The summed E-state index contributed by atoms with van der Waals surface area (Å²) in [5, 5.41) is 3.10. The van der Waals surface area contributed by atoms with Crippen molar-refractivity contribution in [2.45, 2.75) is 25.1 Å². The van der Waals surface area contributed by atoms with E-state index in [1.165, 1.54) is 6.92 Å². The minimum absolute atomic E-state index is 0.0499. The highest BCUT2D eigenvalue weighted by Crippen LogP contribution is 2.07. The number of rotatable bonds is 7. The monoisotopic (exact) mass is 232 g/mol. The van der Waals surface area contributed by atoms with E-state index in [2.05, 4.69) is 10.2 Å². The van der Waals surface area contributed by atoms with Crippen LogP contribution in [0.3, 0.4) is 0 Å². The maximum absolute atomic E-state index is 11.3. The summed E-state index contributed by atoms with van der Waals surface area (Å²) in [5.41, 5.74) is 0. The van der Waals surface area contributed by atoms with Gasteiger partial charge in [-0.15, -0.1) is 11.8 Å². The summed E-state index contributed by atoms with van der Waals surface area (Å²) in [6, 6.07) is 0. The first-order valence-corrected chi connectivity index (χ1v) is 6.21. The maximum atomic E-state index is 11.3. The molecule has 5 heteroatoms. The molecule has 0 rings (SSSR count). The number of nitrogens with zero attached hydrogens (tertiary/aromatic N) is 1. The van der Waals surface area contributed by atoms with Crippen LogP contribution in [-0.2, 0) is 9.59 Å². The molecule has 0 aliphatic rings. The molecule has 0 saturated heterocycles. The molecule has 0 bridgehead atoms. The van der Waals surface area contributed by atoms with E-state index >= 15 is 0 Å². The van der Waals surface area contributed by atoms with Crippen molar-refractivity contribution in [3.63, 3.8) is 0 Å². The summed E-state index contributed by atoms with van der Waals surface area (Å²) >= 11 is 1.69. The van der Waals surface area contributed by atoms with Crippen LogP contribution >= 0.6 is 11.8 Å². The van der Waals surface area contributed by atoms with Crippen molar-refractivity contribution in [2.24, 2.45) is 0 Å². The number of carbonyl (C=O) groups excluding carboxylic acids is 2. The highest BCUT2D eigenvalue weighted by molar-refractivity contribution is 7.99. The van der Waals surface area contributed by atoms with E-state index in [1.54, 1.807) is 11.8 Å². The van der Waals surface area contributed by atoms with Gasteiger partial charge in [0.1, 0.15) is 5.78 Å². The molecule has 0 aromatic heterocycles. The first-order valence-electron chi connectivity index (χ1n) is 4.92. The van der Waals surface area contributed by atoms with Gasteiger partial charge in [0.15, 0.2) is 0 Å². The summed E-state index contributed by atoms with van der Waals surface area (Å²) in [6.45, 7) is 2.11. The van der Waals surface area contributed by atoms with Gasteiger partial charge in [-0.05, 0) is 27.3 Å². The Balaban J connectivity index is 3.73. The van der Waals surface area contributed by atoms with Gasteiger partial charge in [-0.3, -0.25) is 9.69 Å². The van der Waals surface area contributed by atoms with Gasteiger partial charge in [-0.1, -0.05) is 0 Å². The lowest BCUT2D eigenvalue weighted by Crippen LogP contribution is -2.38. The third kappa shape index (κ3) is 7.39. The third-order valence-electron chi connectivity index (χ3n) is 2.03. The Bertz CT molecular complexity index is 219. The Kier molecular flexibility index (Phi) is 7.42. The van der Waals surface area contributed by atoms with Crippen LogP contribution in [0.1, 0.15) is 19.8 Å². The number of hydrogen-bond donors (Lipinski definition) is 1. The van der Waals surface area contributed by atoms with E-state index in [1.807, 2.05) is 20.4 Å². The molecule has 1 atom stereocenters. The number of hydrogen-bond acceptors (Lipinski definition) is 4. The van der Waals surface area contributed by atoms with Crippen LogP contribution in [0.15, 0.2) is 0 Å². The zero-order valence-electron chi connectivity index (χ0n) is 9.87. The minimum atomic E-state index is -0.0499. The first kappa shape index (κ1) is 14.5. The van der Waals surface area contributed by atoms with Gasteiger partial charge in [-0.2, -0.15) is 0 Å². The van der Waals surface area contributed by atoms with Crippen molar-refractivity contribution in [2.75, 3.05) is 26.9 Å². The summed E-state index contributed by atoms with van der Waals surface area (Å²) in [6.07, 6.45) is 2.63. The lowest BCUT2D eigenvalue weighted by Gasteiger charge is -2.22. The summed E-state index contributed by atoms with van der Waals surface area (Å²) < 4.78 is 0. The van der Waals surface area contributed by atoms with Gasteiger partial charge >= 0.3 is 0 Å². The van der Waals surface area contributed by atoms with Crippen molar-refractivity contribution in [1.29, 1.82) is 0 Å². The van der Waals surface area contributed by atoms with Crippen LogP contribution in [0.25, 0.3) is 0 Å². The molecular weight excluding hydrogens is 212 g/mol. The van der Waals surface area contributed by atoms with E-state index in [4.69, 9.17) is 0 Å². The molecule has 0 aliphatic heterocycles. The van der Waals surface area contributed by atoms with Crippen LogP contribution in [0.5, 0.6) is 0 Å². The van der Waals surface area contributed by atoms with Gasteiger partial charge in [-0.25, -0.2) is 0 Å². The molecule has 1 N–H and O–H groups in total. The number of nitrogens with one attached hydrogen (secondary N) is 1. The van der Waals surface area contributed by atoms with Crippen LogP contribution in [0.4, 0.5) is 0 Å². The summed E-state index contributed by atoms with van der Waals surface area (Å²) in [7, 11) is 3.95. The molecule has 0 aliphatic carbocycles. The van der Waals surface area contributed by atoms with Crippen molar-refractivity contribution in [3.8, 4) is 0 Å². The largest absolute Gasteiger partial charge is 0.354 e. The number of amides is 1. The highest BCUT2D eigenvalue weighted by Gasteiger charge is 2.11. The molecule has 0 saturated carbocycles. The number of ketones is 1.